The summed E-state index contributed by atoms with van der Waals surface area (Å²) in [7, 11) is -3.55. The van der Waals surface area contributed by atoms with Crippen molar-refractivity contribution < 1.29 is 8.42 Å². The Balaban J connectivity index is 1.77. The SMILES string of the molecule is Cc1ccccc1CS(=O)(=O)NCCn1c(=O)c(=O)[nH]c2ccccc21. The Kier molecular flexibility index (Phi) is 5.06. The number of sulfonamides is 1. The zero-order valence-corrected chi connectivity index (χ0v) is 15.0. The first-order chi connectivity index (χ1) is 12.4. The first-order valence-corrected chi connectivity index (χ1v) is 9.76. The van der Waals surface area contributed by atoms with Crippen LogP contribution in [-0.4, -0.2) is 24.5 Å². The molecule has 0 amide bonds. The zero-order chi connectivity index (χ0) is 18.7. The van der Waals surface area contributed by atoms with Crippen molar-refractivity contribution in [3.63, 3.8) is 0 Å². The summed E-state index contributed by atoms with van der Waals surface area (Å²) in [6, 6.07) is 14.2. The highest BCUT2D eigenvalue weighted by atomic mass is 32.2. The number of H-pyrrole nitrogens is 1. The van der Waals surface area contributed by atoms with E-state index in [-0.39, 0.29) is 18.8 Å². The predicted molar refractivity (Wildman–Crippen MR) is 101 cm³/mol. The number of benzene rings is 2. The Morgan fingerprint density at radius 1 is 1.04 bits per heavy atom. The van der Waals surface area contributed by atoms with E-state index >= 15 is 0 Å². The third-order valence-corrected chi connectivity index (χ3v) is 5.48. The van der Waals surface area contributed by atoms with Gasteiger partial charge in [-0.1, -0.05) is 36.4 Å². The maximum Gasteiger partial charge on any atom is 0.316 e. The summed E-state index contributed by atoms with van der Waals surface area (Å²) in [5, 5.41) is 0. The van der Waals surface area contributed by atoms with Crippen molar-refractivity contribution >= 4 is 21.1 Å². The van der Waals surface area contributed by atoms with E-state index in [2.05, 4.69) is 9.71 Å². The van der Waals surface area contributed by atoms with Crippen LogP contribution in [0.25, 0.3) is 11.0 Å². The molecule has 0 aliphatic heterocycles. The lowest BCUT2D eigenvalue weighted by molar-refractivity contribution is 0.571. The Morgan fingerprint density at radius 3 is 2.50 bits per heavy atom. The standard InChI is InChI=1S/C18H19N3O4S/c1-13-6-2-3-7-14(13)12-26(24,25)19-10-11-21-16-9-5-4-8-15(16)20-17(22)18(21)23/h2-9,19H,10-12H2,1H3,(H,20,22). The van der Waals surface area contributed by atoms with Gasteiger partial charge < -0.3 is 9.55 Å². The van der Waals surface area contributed by atoms with Gasteiger partial charge in [0.25, 0.3) is 0 Å². The molecule has 136 valence electrons. The van der Waals surface area contributed by atoms with Crippen LogP contribution in [0.5, 0.6) is 0 Å². The molecular formula is C18H19N3O4S. The number of aromatic amines is 1. The smallest absolute Gasteiger partial charge is 0.316 e. The summed E-state index contributed by atoms with van der Waals surface area (Å²) < 4.78 is 28.4. The average Bonchev–Trinajstić information content (AvgIpc) is 2.60. The molecule has 7 nitrogen and oxygen atoms in total. The quantitative estimate of drug-likeness (QED) is 0.632. The number of nitrogens with one attached hydrogen (secondary N) is 2. The van der Waals surface area contributed by atoms with E-state index in [4.69, 9.17) is 0 Å². The van der Waals surface area contributed by atoms with Gasteiger partial charge in [0.2, 0.25) is 10.0 Å². The monoisotopic (exact) mass is 373 g/mol. The van der Waals surface area contributed by atoms with Crippen LogP contribution in [0.4, 0.5) is 0 Å². The first kappa shape index (κ1) is 18.1. The molecule has 2 N–H and O–H groups in total. The molecule has 0 radical (unpaired) electrons. The van der Waals surface area contributed by atoms with E-state index in [1.165, 1.54) is 4.57 Å². The highest BCUT2D eigenvalue weighted by molar-refractivity contribution is 7.88. The van der Waals surface area contributed by atoms with Crippen LogP contribution in [0.2, 0.25) is 0 Å². The van der Waals surface area contributed by atoms with Gasteiger partial charge in [0.15, 0.2) is 0 Å². The molecular weight excluding hydrogens is 354 g/mol. The van der Waals surface area contributed by atoms with Crippen molar-refractivity contribution in [3.05, 3.63) is 80.4 Å². The van der Waals surface area contributed by atoms with E-state index in [1.807, 2.05) is 19.1 Å². The molecule has 0 atom stereocenters. The van der Waals surface area contributed by atoms with Crippen LogP contribution in [-0.2, 0) is 22.3 Å². The van der Waals surface area contributed by atoms with E-state index in [9.17, 15) is 18.0 Å². The van der Waals surface area contributed by atoms with Gasteiger partial charge in [-0.05, 0) is 30.2 Å². The maximum absolute atomic E-state index is 12.3. The molecule has 0 aliphatic rings. The summed E-state index contributed by atoms with van der Waals surface area (Å²) in [6.45, 7) is 1.94. The van der Waals surface area contributed by atoms with Crippen molar-refractivity contribution in [3.8, 4) is 0 Å². The highest BCUT2D eigenvalue weighted by Gasteiger charge is 2.13. The normalized spacial score (nSPS) is 11.7. The highest BCUT2D eigenvalue weighted by Crippen LogP contribution is 2.11. The third kappa shape index (κ3) is 3.92. The molecule has 0 saturated heterocycles. The molecule has 8 heteroatoms. The number of rotatable bonds is 6. The molecule has 0 bridgehead atoms. The second kappa shape index (κ2) is 7.27. The minimum absolute atomic E-state index is 0.0154. The fourth-order valence-corrected chi connectivity index (χ4v) is 4.02. The topological polar surface area (TPSA) is 101 Å². The van der Waals surface area contributed by atoms with Crippen molar-refractivity contribution in [1.82, 2.24) is 14.3 Å². The van der Waals surface area contributed by atoms with Gasteiger partial charge in [0.1, 0.15) is 0 Å². The van der Waals surface area contributed by atoms with Gasteiger partial charge >= 0.3 is 11.1 Å². The van der Waals surface area contributed by atoms with Gasteiger partial charge in [0.05, 0.1) is 16.8 Å². The van der Waals surface area contributed by atoms with Gasteiger partial charge in [-0.15, -0.1) is 0 Å². The summed E-state index contributed by atoms with van der Waals surface area (Å²) in [5.74, 6) is -0.134. The zero-order valence-electron chi connectivity index (χ0n) is 14.2. The number of hydrogen-bond donors (Lipinski definition) is 2. The van der Waals surface area contributed by atoms with Gasteiger partial charge in [-0.3, -0.25) is 9.59 Å². The minimum atomic E-state index is -3.55. The Morgan fingerprint density at radius 2 is 1.73 bits per heavy atom. The van der Waals surface area contributed by atoms with Crippen LogP contribution in [0, 0.1) is 6.92 Å². The summed E-state index contributed by atoms with van der Waals surface area (Å²) in [6.07, 6.45) is 0. The molecule has 0 spiro atoms. The van der Waals surface area contributed by atoms with Crippen molar-refractivity contribution in [2.45, 2.75) is 19.2 Å². The molecule has 2 aromatic carbocycles. The molecule has 3 rings (SSSR count). The fraction of sp³-hybridized carbons (Fsp3) is 0.222. The van der Waals surface area contributed by atoms with E-state index < -0.39 is 21.1 Å². The molecule has 26 heavy (non-hydrogen) atoms. The number of hydrogen-bond acceptors (Lipinski definition) is 4. The van der Waals surface area contributed by atoms with Gasteiger partial charge in [-0.2, -0.15) is 0 Å². The number of nitrogens with zero attached hydrogens (tertiary/aromatic N) is 1. The average molecular weight is 373 g/mol. The Hall–Kier alpha value is -2.71. The van der Waals surface area contributed by atoms with E-state index in [0.29, 0.717) is 11.0 Å². The molecule has 0 fully saturated rings. The lowest BCUT2D eigenvalue weighted by atomic mass is 10.1. The molecule has 1 heterocycles. The van der Waals surface area contributed by atoms with Crippen LogP contribution in [0.3, 0.4) is 0 Å². The lowest BCUT2D eigenvalue weighted by Crippen LogP contribution is -2.39. The van der Waals surface area contributed by atoms with Crippen molar-refractivity contribution in [2.24, 2.45) is 0 Å². The maximum atomic E-state index is 12.3. The van der Waals surface area contributed by atoms with Crippen LogP contribution < -0.4 is 15.8 Å². The second-order valence-electron chi connectivity index (χ2n) is 6.01. The van der Waals surface area contributed by atoms with Crippen LogP contribution in [0.1, 0.15) is 11.1 Å². The summed E-state index contributed by atoms with van der Waals surface area (Å²) >= 11 is 0. The summed E-state index contributed by atoms with van der Waals surface area (Å²) in [4.78, 5) is 26.4. The number of aryl methyl sites for hydroxylation is 1. The molecule has 0 unspecified atom stereocenters. The van der Waals surface area contributed by atoms with Crippen molar-refractivity contribution in [1.29, 1.82) is 0 Å². The van der Waals surface area contributed by atoms with E-state index in [1.54, 1.807) is 36.4 Å². The Bertz CT molecular complexity index is 1160. The lowest BCUT2D eigenvalue weighted by Gasteiger charge is -2.11. The van der Waals surface area contributed by atoms with Crippen LogP contribution >= 0.6 is 0 Å². The Labute approximate surface area is 150 Å². The number of fused-ring (bicyclic) bond motifs is 1. The van der Waals surface area contributed by atoms with E-state index in [0.717, 1.165) is 11.1 Å². The summed E-state index contributed by atoms with van der Waals surface area (Å²) in [5.41, 5.74) is 1.26. The van der Waals surface area contributed by atoms with Gasteiger partial charge in [-0.25, -0.2) is 13.1 Å². The molecule has 0 aliphatic carbocycles. The second-order valence-corrected chi connectivity index (χ2v) is 7.81. The predicted octanol–water partition coefficient (Wildman–Crippen LogP) is 1.12. The fourth-order valence-electron chi connectivity index (χ4n) is 2.79. The third-order valence-electron chi connectivity index (χ3n) is 4.15. The van der Waals surface area contributed by atoms with Crippen molar-refractivity contribution in [2.75, 3.05) is 6.54 Å². The number of para-hydroxylation sites is 2. The minimum Gasteiger partial charge on any atom is -0.316 e. The molecule has 1 aromatic heterocycles. The van der Waals surface area contributed by atoms with Gasteiger partial charge in [0, 0.05) is 13.1 Å². The van der Waals surface area contributed by atoms with Crippen LogP contribution in [0.15, 0.2) is 58.1 Å². The molecule has 0 saturated carbocycles. The number of aromatic nitrogens is 2. The molecule has 3 aromatic rings. The first-order valence-electron chi connectivity index (χ1n) is 8.11. The largest absolute Gasteiger partial charge is 0.316 e.